The van der Waals surface area contributed by atoms with Crippen molar-refractivity contribution in [3.05, 3.63) is 29.8 Å². The summed E-state index contributed by atoms with van der Waals surface area (Å²) in [6.07, 6.45) is 1.00. The van der Waals surface area contributed by atoms with Crippen LogP contribution in [-0.2, 0) is 6.42 Å². The van der Waals surface area contributed by atoms with Gasteiger partial charge in [-0.3, -0.25) is 0 Å². The Bertz CT molecular complexity index is 271. The monoisotopic (exact) mass is 209 g/mol. The number of ether oxygens (including phenoxy) is 1. The van der Waals surface area contributed by atoms with E-state index in [4.69, 9.17) is 9.84 Å². The van der Waals surface area contributed by atoms with Gasteiger partial charge in [0.25, 0.3) is 0 Å². The molecule has 0 aromatic heterocycles. The first-order chi connectivity index (χ1) is 7.26. The standard InChI is InChI=1S/C12H19NO2/c1-13(9-10-14)8-7-11-3-5-12(15-2)6-4-11/h3-6,14H,7-10H2,1-2H3. The molecule has 0 amide bonds. The topological polar surface area (TPSA) is 32.7 Å². The number of methoxy groups -OCH3 is 1. The molecule has 1 aromatic rings. The molecule has 3 nitrogen and oxygen atoms in total. The van der Waals surface area contributed by atoms with Crippen molar-refractivity contribution >= 4 is 0 Å². The second-order valence-electron chi connectivity index (χ2n) is 3.62. The lowest BCUT2D eigenvalue weighted by Gasteiger charge is -2.14. The van der Waals surface area contributed by atoms with E-state index in [-0.39, 0.29) is 6.61 Å². The molecule has 1 N–H and O–H groups in total. The number of rotatable bonds is 6. The molecule has 0 atom stereocenters. The van der Waals surface area contributed by atoms with Crippen molar-refractivity contribution < 1.29 is 9.84 Å². The van der Waals surface area contributed by atoms with Gasteiger partial charge in [0.05, 0.1) is 13.7 Å². The number of hydrogen-bond acceptors (Lipinski definition) is 3. The zero-order valence-electron chi connectivity index (χ0n) is 9.44. The maximum absolute atomic E-state index is 8.74. The molecule has 84 valence electrons. The molecule has 0 fully saturated rings. The number of aliphatic hydroxyl groups excluding tert-OH is 1. The summed E-state index contributed by atoms with van der Waals surface area (Å²) in [6.45, 7) is 1.92. The second-order valence-corrected chi connectivity index (χ2v) is 3.62. The average molecular weight is 209 g/mol. The van der Waals surface area contributed by atoms with E-state index in [0.717, 1.165) is 25.3 Å². The van der Waals surface area contributed by atoms with Crippen LogP contribution in [0.4, 0.5) is 0 Å². The van der Waals surface area contributed by atoms with Crippen LogP contribution < -0.4 is 4.74 Å². The van der Waals surface area contributed by atoms with Gasteiger partial charge in [0, 0.05) is 13.1 Å². The first kappa shape index (κ1) is 12.0. The highest BCUT2D eigenvalue weighted by atomic mass is 16.5. The molecule has 15 heavy (non-hydrogen) atoms. The van der Waals surface area contributed by atoms with E-state index in [0.29, 0.717) is 0 Å². The Hall–Kier alpha value is -1.06. The number of nitrogens with zero attached hydrogens (tertiary/aromatic N) is 1. The predicted molar refractivity (Wildman–Crippen MR) is 61.3 cm³/mol. The SMILES string of the molecule is COc1ccc(CCN(C)CCO)cc1. The van der Waals surface area contributed by atoms with Crippen molar-refractivity contribution in [2.75, 3.05) is 33.9 Å². The Balaban J connectivity index is 2.37. The summed E-state index contributed by atoms with van der Waals surface area (Å²) in [5, 5.41) is 8.74. The zero-order chi connectivity index (χ0) is 11.1. The maximum atomic E-state index is 8.74. The molecule has 0 unspecified atom stereocenters. The van der Waals surface area contributed by atoms with Crippen molar-refractivity contribution in [1.29, 1.82) is 0 Å². The quantitative estimate of drug-likeness (QED) is 0.763. The Morgan fingerprint density at radius 3 is 2.40 bits per heavy atom. The molecule has 3 heteroatoms. The van der Waals surface area contributed by atoms with Crippen molar-refractivity contribution in [3.8, 4) is 5.75 Å². The minimum absolute atomic E-state index is 0.221. The first-order valence-corrected chi connectivity index (χ1v) is 5.18. The normalized spacial score (nSPS) is 10.7. The summed E-state index contributed by atoms with van der Waals surface area (Å²) in [6, 6.07) is 8.10. The minimum Gasteiger partial charge on any atom is -0.497 e. The molecule has 0 radical (unpaired) electrons. The minimum atomic E-state index is 0.221. The summed E-state index contributed by atoms with van der Waals surface area (Å²) in [7, 11) is 3.68. The van der Waals surface area contributed by atoms with Gasteiger partial charge in [0.2, 0.25) is 0 Å². The van der Waals surface area contributed by atoms with E-state index in [2.05, 4.69) is 17.0 Å². The van der Waals surface area contributed by atoms with Gasteiger partial charge in [-0.1, -0.05) is 12.1 Å². The molecule has 1 aromatic carbocycles. The number of likely N-dealkylation sites (N-methyl/N-ethyl adjacent to an activating group) is 1. The van der Waals surface area contributed by atoms with Crippen LogP contribution in [0.15, 0.2) is 24.3 Å². The van der Waals surface area contributed by atoms with Crippen molar-refractivity contribution in [3.63, 3.8) is 0 Å². The molecular weight excluding hydrogens is 190 g/mol. The molecule has 0 heterocycles. The van der Waals surface area contributed by atoms with Gasteiger partial charge in [-0.2, -0.15) is 0 Å². The van der Waals surface area contributed by atoms with E-state index in [1.165, 1.54) is 5.56 Å². The van der Waals surface area contributed by atoms with Gasteiger partial charge in [-0.15, -0.1) is 0 Å². The first-order valence-electron chi connectivity index (χ1n) is 5.18. The van der Waals surface area contributed by atoms with Crippen LogP contribution in [0, 0.1) is 0 Å². The molecule has 0 saturated heterocycles. The highest BCUT2D eigenvalue weighted by molar-refractivity contribution is 5.27. The molecule has 0 bridgehead atoms. The third-order valence-corrected chi connectivity index (χ3v) is 2.42. The molecule has 0 aliphatic carbocycles. The Kier molecular flexibility index (Phi) is 5.15. The van der Waals surface area contributed by atoms with Crippen molar-refractivity contribution in [2.24, 2.45) is 0 Å². The zero-order valence-corrected chi connectivity index (χ0v) is 9.44. The third kappa shape index (κ3) is 4.32. The number of benzene rings is 1. The van der Waals surface area contributed by atoms with E-state index in [9.17, 15) is 0 Å². The summed E-state index contributed by atoms with van der Waals surface area (Å²) < 4.78 is 5.09. The fraction of sp³-hybridized carbons (Fsp3) is 0.500. The Labute approximate surface area is 91.3 Å². The van der Waals surface area contributed by atoms with E-state index in [1.807, 2.05) is 19.2 Å². The second kappa shape index (κ2) is 6.43. The lowest BCUT2D eigenvalue weighted by atomic mass is 10.1. The number of aliphatic hydroxyl groups is 1. The Morgan fingerprint density at radius 1 is 1.20 bits per heavy atom. The van der Waals surface area contributed by atoms with Gasteiger partial charge >= 0.3 is 0 Å². The lowest BCUT2D eigenvalue weighted by molar-refractivity contribution is 0.223. The molecule has 0 saturated carbocycles. The summed E-state index contributed by atoms with van der Waals surface area (Å²) in [5.41, 5.74) is 1.29. The van der Waals surface area contributed by atoms with Crippen molar-refractivity contribution in [2.45, 2.75) is 6.42 Å². The van der Waals surface area contributed by atoms with Gasteiger partial charge in [-0.25, -0.2) is 0 Å². The van der Waals surface area contributed by atoms with Crippen LogP contribution in [0.25, 0.3) is 0 Å². The highest BCUT2D eigenvalue weighted by Crippen LogP contribution is 2.11. The van der Waals surface area contributed by atoms with Gasteiger partial charge < -0.3 is 14.7 Å². The molecule has 0 aliphatic rings. The van der Waals surface area contributed by atoms with Crippen LogP contribution >= 0.6 is 0 Å². The van der Waals surface area contributed by atoms with Crippen molar-refractivity contribution in [1.82, 2.24) is 4.90 Å². The summed E-state index contributed by atoms with van der Waals surface area (Å²) >= 11 is 0. The van der Waals surface area contributed by atoms with Crippen LogP contribution in [0.5, 0.6) is 5.75 Å². The Morgan fingerprint density at radius 2 is 1.87 bits per heavy atom. The van der Waals surface area contributed by atoms with Gasteiger partial charge in [0.15, 0.2) is 0 Å². The largest absolute Gasteiger partial charge is 0.497 e. The van der Waals surface area contributed by atoms with Crippen LogP contribution in [0.3, 0.4) is 0 Å². The predicted octanol–water partition coefficient (Wildman–Crippen LogP) is 1.16. The smallest absolute Gasteiger partial charge is 0.118 e. The molecule has 1 rings (SSSR count). The van der Waals surface area contributed by atoms with Gasteiger partial charge in [-0.05, 0) is 31.2 Å². The molecule has 0 spiro atoms. The summed E-state index contributed by atoms with van der Waals surface area (Å²) in [5.74, 6) is 0.891. The van der Waals surface area contributed by atoms with E-state index < -0.39 is 0 Å². The molecule has 0 aliphatic heterocycles. The maximum Gasteiger partial charge on any atom is 0.118 e. The van der Waals surface area contributed by atoms with Crippen LogP contribution in [-0.4, -0.2) is 43.9 Å². The fourth-order valence-electron chi connectivity index (χ4n) is 1.39. The molecular formula is C12H19NO2. The highest BCUT2D eigenvalue weighted by Gasteiger charge is 1.98. The summed E-state index contributed by atoms with van der Waals surface area (Å²) in [4.78, 5) is 2.12. The average Bonchev–Trinajstić information content (AvgIpc) is 2.27. The van der Waals surface area contributed by atoms with Crippen LogP contribution in [0.2, 0.25) is 0 Å². The third-order valence-electron chi connectivity index (χ3n) is 2.42. The van der Waals surface area contributed by atoms with Crippen LogP contribution in [0.1, 0.15) is 5.56 Å². The van der Waals surface area contributed by atoms with E-state index >= 15 is 0 Å². The van der Waals surface area contributed by atoms with E-state index in [1.54, 1.807) is 7.11 Å². The van der Waals surface area contributed by atoms with Gasteiger partial charge in [0.1, 0.15) is 5.75 Å². The fourth-order valence-corrected chi connectivity index (χ4v) is 1.39. The number of hydrogen-bond donors (Lipinski definition) is 1. The lowest BCUT2D eigenvalue weighted by Crippen LogP contribution is -2.24.